The Kier molecular flexibility index (Phi) is 7.08. The fraction of sp³-hybridized carbons (Fsp3) is 0.800. The van der Waals surface area contributed by atoms with Crippen molar-refractivity contribution in [3.05, 3.63) is 22.8 Å². The van der Waals surface area contributed by atoms with Gasteiger partial charge in [-0.15, -0.1) is 10.2 Å². The highest BCUT2D eigenvalue weighted by Gasteiger charge is 2.26. The summed E-state index contributed by atoms with van der Waals surface area (Å²) in [6.45, 7) is 11.3. The van der Waals surface area contributed by atoms with Crippen LogP contribution in [-0.4, -0.2) is 93.4 Å². The fourth-order valence-corrected chi connectivity index (χ4v) is 4.61. The van der Waals surface area contributed by atoms with Crippen LogP contribution < -0.4 is 0 Å². The van der Waals surface area contributed by atoms with E-state index in [1.807, 2.05) is 9.36 Å². The van der Waals surface area contributed by atoms with Gasteiger partial charge in [-0.25, -0.2) is 9.36 Å². The van der Waals surface area contributed by atoms with Gasteiger partial charge in [0.05, 0.1) is 49.1 Å². The van der Waals surface area contributed by atoms with Crippen molar-refractivity contribution in [1.29, 1.82) is 0 Å². The molecule has 0 radical (unpaired) electrons. The highest BCUT2D eigenvalue weighted by Crippen LogP contribution is 2.20. The van der Waals surface area contributed by atoms with Gasteiger partial charge >= 0.3 is 0 Å². The van der Waals surface area contributed by atoms with Gasteiger partial charge in [0.25, 0.3) is 0 Å². The van der Waals surface area contributed by atoms with Crippen LogP contribution in [0.2, 0.25) is 0 Å². The van der Waals surface area contributed by atoms with Crippen LogP contribution in [0.25, 0.3) is 0 Å². The third-order valence-electron chi connectivity index (χ3n) is 6.07. The van der Waals surface area contributed by atoms with E-state index in [9.17, 15) is 0 Å². The number of ether oxygens (including phenoxy) is 2. The molecule has 0 bridgehead atoms. The first kappa shape index (κ1) is 21.4. The molecule has 166 valence electrons. The van der Waals surface area contributed by atoms with E-state index in [-0.39, 0.29) is 0 Å². The van der Waals surface area contributed by atoms with E-state index in [0.717, 1.165) is 76.6 Å². The number of methoxy groups -OCH3 is 2. The summed E-state index contributed by atoms with van der Waals surface area (Å²) in [7, 11) is 3.44. The second-order valence-electron chi connectivity index (χ2n) is 8.47. The zero-order valence-corrected chi connectivity index (χ0v) is 18.5. The Balaban J connectivity index is 1.26. The highest BCUT2D eigenvalue weighted by molar-refractivity contribution is 5.15. The van der Waals surface area contributed by atoms with Gasteiger partial charge in [0.15, 0.2) is 0 Å². The first-order valence-corrected chi connectivity index (χ1v) is 10.9. The summed E-state index contributed by atoms with van der Waals surface area (Å²) in [4.78, 5) is 5.03. The molecule has 0 fully saturated rings. The molecule has 0 saturated heterocycles. The lowest BCUT2D eigenvalue weighted by atomic mass is 10.1. The van der Waals surface area contributed by atoms with E-state index in [1.165, 1.54) is 11.4 Å². The first-order valence-electron chi connectivity index (χ1n) is 10.9. The zero-order chi connectivity index (χ0) is 20.9. The number of rotatable bonds is 10. The smallest absolute Gasteiger partial charge is 0.0999 e. The van der Waals surface area contributed by atoms with Crippen molar-refractivity contribution in [2.75, 3.05) is 53.6 Å². The van der Waals surface area contributed by atoms with Gasteiger partial charge in [0, 0.05) is 66.3 Å². The van der Waals surface area contributed by atoms with Crippen molar-refractivity contribution in [3.63, 3.8) is 0 Å². The summed E-state index contributed by atoms with van der Waals surface area (Å²) < 4.78 is 14.4. The number of fused-ring (bicyclic) bond motifs is 2. The van der Waals surface area contributed by atoms with Gasteiger partial charge < -0.3 is 9.47 Å². The lowest BCUT2D eigenvalue weighted by Crippen LogP contribution is -2.40. The molecule has 0 aliphatic carbocycles. The molecule has 10 nitrogen and oxygen atoms in total. The average molecular weight is 419 g/mol. The third-order valence-corrected chi connectivity index (χ3v) is 6.07. The van der Waals surface area contributed by atoms with Crippen molar-refractivity contribution in [2.24, 2.45) is 5.92 Å². The molecule has 0 aromatic carbocycles. The first-order chi connectivity index (χ1) is 14.7. The predicted molar refractivity (Wildman–Crippen MR) is 111 cm³/mol. The van der Waals surface area contributed by atoms with E-state index in [4.69, 9.17) is 9.47 Å². The molecule has 0 saturated carbocycles. The molecule has 0 unspecified atom stereocenters. The summed E-state index contributed by atoms with van der Waals surface area (Å²) in [5.74, 6) is 0.583. The minimum Gasteiger partial charge on any atom is -0.383 e. The normalized spacial score (nSPS) is 17.5. The molecule has 4 rings (SSSR count). The summed E-state index contributed by atoms with van der Waals surface area (Å²) in [6, 6.07) is 0. The topological polar surface area (TPSA) is 86.4 Å². The van der Waals surface area contributed by atoms with Gasteiger partial charge in [-0.3, -0.25) is 9.80 Å². The quantitative estimate of drug-likeness (QED) is 0.541. The van der Waals surface area contributed by atoms with Gasteiger partial charge in [-0.05, 0) is 5.92 Å². The Labute approximate surface area is 178 Å². The minimum absolute atomic E-state index is 0.583. The summed E-state index contributed by atoms with van der Waals surface area (Å²) >= 11 is 0. The standard InChI is InChI=1S/C20H34N8O2/c1-16(12-25-6-4-19-17(14-25)21-23-27(19)8-10-29-2)13-26-7-5-20-18(15-26)22-24-28(20)9-11-30-3/h16H,4-15H2,1-3H3. The minimum atomic E-state index is 0.583. The summed E-state index contributed by atoms with van der Waals surface area (Å²) in [5, 5.41) is 17.4. The predicted octanol–water partition coefficient (Wildman–Crippen LogP) is 0.215. The molecule has 0 amide bonds. The van der Waals surface area contributed by atoms with Gasteiger partial charge in [-0.1, -0.05) is 17.4 Å². The van der Waals surface area contributed by atoms with Crippen molar-refractivity contribution in [2.45, 2.75) is 45.9 Å². The molecule has 30 heavy (non-hydrogen) atoms. The lowest BCUT2D eigenvalue weighted by Gasteiger charge is -2.32. The number of aromatic nitrogens is 6. The van der Waals surface area contributed by atoms with Crippen LogP contribution in [0.1, 0.15) is 29.7 Å². The largest absolute Gasteiger partial charge is 0.383 e. The zero-order valence-electron chi connectivity index (χ0n) is 18.5. The van der Waals surface area contributed by atoms with Crippen molar-refractivity contribution in [1.82, 2.24) is 39.8 Å². The summed E-state index contributed by atoms with van der Waals surface area (Å²) in [5.41, 5.74) is 4.80. The van der Waals surface area contributed by atoms with Gasteiger partial charge in [-0.2, -0.15) is 0 Å². The van der Waals surface area contributed by atoms with Crippen LogP contribution >= 0.6 is 0 Å². The molecule has 4 heterocycles. The molecule has 0 N–H and O–H groups in total. The number of hydrogen-bond donors (Lipinski definition) is 0. The Morgan fingerprint density at radius 1 is 0.800 bits per heavy atom. The van der Waals surface area contributed by atoms with Crippen LogP contribution in [0.3, 0.4) is 0 Å². The van der Waals surface area contributed by atoms with E-state index in [1.54, 1.807) is 14.2 Å². The Morgan fingerprint density at radius 2 is 1.27 bits per heavy atom. The van der Waals surface area contributed by atoms with Gasteiger partial charge in [0.1, 0.15) is 0 Å². The SMILES string of the molecule is COCCn1nnc2c1CCN(CC(C)CN1CCc3c(nnn3CCOC)C1)C2. The van der Waals surface area contributed by atoms with Crippen LogP contribution in [0.5, 0.6) is 0 Å². The molecular weight excluding hydrogens is 384 g/mol. The Hall–Kier alpha value is -1.88. The van der Waals surface area contributed by atoms with Crippen LogP contribution in [0, 0.1) is 5.92 Å². The fourth-order valence-electron chi connectivity index (χ4n) is 4.61. The van der Waals surface area contributed by atoms with E-state index in [2.05, 4.69) is 37.3 Å². The van der Waals surface area contributed by atoms with Crippen LogP contribution in [0.15, 0.2) is 0 Å². The molecule has 2 aromatic rings. The van der Waals surface area contributed by atoms with E-state index in [0.29, 0.717) is 19.1 Å². The molecule has 0 atom stereocenters. The molecular formula is C20H34N8O2. The Morgan fingerprint density at radius 3 is 1.70 bits per heavy atom. The highest BCUT2D eigenvalue weighted by atomic mass is 16.5. The number of hydrogen-bond acceptors (Lipinski definition) is 8. The maximum atomic E-state index is 5.17. The van der Waals surface area contributed by atoms with Crippen LogP contribution in [0.4, 0.5) is 0 Å². The third kappa shape index (κ3) is 4.88. The maximum absolute atomic E-state index is 5.17. The second kappa shape index (κ2) is 9.95. The summed E-state index contributed by atoms with van der Waals surface area (Å²) in [6.07, 6.45) is 2.02. The Bertz CT molecular complexity index is 754. The monoisotopic (exact) mass is 418 g/mol. The second-order valence-corrected chi connectivity index (χ2v) is 8.47. The molecule has 0 spiro atoms. The average Bonchev–Trinajstić information content (AvgIpc) is 3.33. The maximum Gasteiger partial charge on any atom is 0.0999 e. The van der Waals surface area contributed by atoms with Gasteiger partial charge in [0.2, 0.25) is 0 Å². The number of nitrogens with zero attached hydrogens (tertiary/aromatic N) is 8. The van der Waals surface area contributed by atoms with Crippen molar-refractivity contribution in [3.8, 4) is 0 Å². The molecule has 2 aliphatic rings. The molecule has 2 aromatic heterocycles. The van der Waals surface area contributed by atoms with E-state index < -0.39 is 0 Å². The van der Waals surface area contributed by atoms with Crippen LogP contribution in [-0.2, 0) is 48.5 Å². The van der Waals surface area contributed by atoms with Crippen molar-refractivity contribution >= 4 is 0 Å². The lowest BCUT2D eigenvalue weighted by molar-refractivity contribution is 0.159. The molecule has 2 aliphatic heterocycles. The van der Waals surface area contributed by atoms with E-state index >= 15 is 0 Å². The molecule has 10 heteroatoms. The van der Waals surface area contributed by atoms with Crippen molar-refractivity contribution < 1.29 is 9.47 Å².